The third-order valence-corrected chi connectivity index (χ3v) is 3.44. The Morgan fingerprint density at radius 2 is 2.12 bits per heavy atom. The van der Waals surface area contributed by atoms with Crippen molar-refractivity contribution in [3.05, 3.63) is 54.0 Å². The molecule has 0 atom stereocenters. The van der Waals surface area contributed by atoms with Crippen LogP contribution in [0.4, 0.5) is 0 Å². The van der Waals surface area contributed by atoms with Gasteiger partial charge in [0.1, 0.15) is 18.0 Å². The van der Waals surface area contributed by atoms with Gasteiger partial charge in [-0.1, -0.05) is 11.3 Å². The first kappa shape index (κ1) is 16.5. The van der Waals surface area contributed by atoms with E-state index in [1.54, 1.807) is 37.1 Å². The monoisotopic (exact) mass is 339 g/mol. The summed E-state index contributed by atoms with van der Waals surface area (Å²) in [6.45, 7) is 0.227. The van der Waals surface area contributed by atoms with E-state index in [1.165, 1.54) is 6.20 Å². The number of nitrogens with one attached hydrogen (secondary N) is 2. The lowest BCUT2D eigenvalue weighted by molar-refractivity contribution is 0.0937. The van der Waals surface area contributed by atoms with Crippen LogP contribution in [-0.4, -0.2) is 37.9 Å². The van der Waals surface area contributed by atoms with Gasteiger partial charge in [0.05, 0.1) is 11.3 Å². The predicted molar refractivity (Wildman–Crippen MR) is 89.3 cm³/mol. The maximum Gasteiger partial charge on any atom is 0.266 e. The van der Waals surface area contributed by atoms with Crippen LogP contribution in [0.25, 0.3) is 11.4 Å². The lowest BCUT2D eigenvalue weighted by atomic mass is 10.2. The number of hydrazine groups is 1. The van der Waals surface area contributed by atoms with E-state index in [9.17, 15) is 4.79 Å². The molecule has 3 aromatic heterocycles. The molecule has 0 radical (unpaired) electrons. The van der Waals surface area contributed by atoms with Crippen LogP contribution in [-0.2, 0) is 13.7 Å². The fourth-order valence-corrected chi connectivity index (χ4v) is 2.17. The van der Waals surface area contributed by atoms with E-state index in [4.69, 9.17) is 4.74 Å². The van der Waals surface area contributed by atoms with Crippen LogP contribution in [0, 0.1) is 0 Å². The Morgan fingerprint density at radius 1 is 1.24 bits per heavy atom. The van der Waals surface area contributed by atoms with E-state index in [-0.39, 0.29) is 12.5 Å². The fraction of sp³-hybridized carbons (Fsp3) is 0.188. The molecule has 0 aromatic carbocycles. The Kier molecular flexibility index (Phi) is 4.95. The third kappa shape index (κ3) is 3.78. The van der Waals surface area contributed by atoms with Gasteiger partial charge < -0.3 is 4.74 Å². The summed E-state index contributed by atoms with van der Waals surface area (Å²) in [7, 11) is 3.40. The minimum Gasteiger partial charge on any atom is -0.471 e. The van der Waals surface area contributed by atoms with Gasteiger partial charge in [-0.25, -0.2) is 15.1 Å². The van der Waals surface area contributed by atoms with Gasteiger partial charge in [-0.2, -0.15) is 0 Å². The highest BCUT2D eigenvalue weighted by Crippen LogP contribution is 2.19. The summed E-state index contributed by atoms with van der Waals surface area (Å²) in [6.07, 6.45) is 3.15. The molecule has 9 nitrogen and oxygen atoms in total. The Labute approximate surface area is 144 Å². The van der Waals surface area contributed by atoms with Crippen molar-refractivity contribution >= 4 is 5.91 Å². The van der Waals surface area contributed by atoms with Gasteiger partial charge in [-0.3, -0.25) is 15.2 Å². The van der Waals surface area contributed by atoms with Gasteiger partial charge in [0.25, 0.3) is 5.91 Å². The zero-order valence-electron chi connectivity index (χ0n) is 13.8. The maximum atomic E-state index is 11.7. The number of carbonyl (C=O) groups excluding carboxylic acids is 1. The van der Waals surface area contributed by atoms with Gasteiger partial charge in [0.2, 0.25) is 5.88 Å². The largest absolute Gasteiger partial charge is 0.471 e. The standard InChI is InChI=1S/C16H17N7O2/c1-17-21-16(24)11-6-7-14(19-9-11)25-10-13-15(20-22-23(13)2)12-5-3-4-8-18-12/h3-9,17H,10H2,1-2H3,(H,21,24). The van der Waals surface area contributed by atoms with Crippen molar-refractivity contribution in [2.45, 2.75) is 6.61 Å². The van der Waals surface area contributed by atoms with E-state index < -0.39 is 0 Å². The van der Waals surface area contributed by atoms with E-state index in [2.05, 4.69) is 31.1 Å². The molecule has 0 aliphatic carbocycles. The lowest BCUT2D eigenvalue weighted by Gasteiger charge is -2.08. The van der Waals surface area contributed by atoms with Crippen LogP contribution < -0.4 is 15.6 Å². The predicted octanol–water partition coefficient (Wildman–Crippen LogP) is 0.715. The van der Waals surface area contributed by atoms with Gasteiger partial charge in [0, 0.05) is 32.6 Å². The molecule has 0 spiro atoms. The molecule has 0 bridgehead atoms. The summed E-state index contributed by atoms with van der Waals surface area (Å²) in [4.78, 5) is 20.1. The van der Waals surface area contributed by atoms with Crippen LogP contribution in [0.5, 0.6) is 5.88 Å². The molecular weight excluding hydrogens is 322 g/mol. The Bertz CT molecular complexity index is 847. The molecule has 0 aliphatic heterocycles. The molecule has 25 heavy (non-hydrogen) atoms. The lowest BCUT2D eigenvalue weighted by Crippen LogP contribution is -2.34. The van der Waals surface area contributed by atoms with Crippen molar-refractivity contribution in [3.8, 4) is 17.3 Å². The summed E-state index contributed by atoms with van der Waals surface area (Å²) in [5.41, 5.74) is 7.63. The minimum atomic E-state index is -0.269. The summed E-state index contributed by atoms with van der Waals surface area (Å²) < 4.78 is 7.34. The minimum absolute atomic E-state index is 0.227. The van der Waals surface area contributed by atoms with Crippen LogP contribution in [0.15, 0.2) is 42.7 Å². The van der Waals surface area contributed by atoms with Gasteiger partial charge in [-0.05, 0) is 18.2 Å². The molecule has 1 amide bonds. The highest BCUT2D eigenvalue weighted by Gasteiger charge is 2.15. The number of rotatable bonds is 6. The van der Waals surface area contributed by atoms with Crippen LogP contribution >= 0.6 is 0 Å². The van der Waals surface area contributed by atoms with Crippen molar-refractivity contribution < 1.29 is 9.53 Å². The SMILES string of the molecule is CNNC(=O)c1ccc(OCc2c(-c3ccccn3)nnn2C)nc1. The third-order valence-electron chi connectivity index (χ3n) is 3.44. The summed E-state index contributed by atoms with van der Waals surface area (Å²) >= 11 is 0. The topological polar surface area (TPSA) is 107 Å². The van der Waals surface area contributed by atoms with E-state index >= 15 is 0 Å². The second kappa shape index (κ2) is 7.49. The molecule has 2 N–H and O–H groups in total. The molecule has 3 aromatic rings. The summed E-state index contributed by atoms with van der Waals surface area (Å²) in [5.74, 6) is 0.129. The van der Waals surface area contributed by atoms with E-state index in [0.29, 0.717) is 17.1 Å². The quantitative estimate of drug-likeness (QED) is 0.637. The Hall–Kier alpha value is -3.33. The van der Waals surface area contributed by atoms with Crippen molar-refractivity contribution in [2.24, 2.45) is 7.05 Å². The zero-order chi connectivity index (χ0) is 17.6. The van der Waals surface area contributed by atoms with Crippen molar-refractivity contribution in [2.75, 3.05) is 7.05 Å². The number of hydrogen-bond donors (Lipinski definition) is 2. The number of aromatic nitrogens is 5. The number of ether oxygens (including phenoxy) is 1. The molecule has 9 heteroatoms. The first-order valence-corrected chi connectivity index (χ1v) is 7.55. The maximum absolute atomic E-state index is 11.7. The average molecular weight is 339 g/mol. The Morgan fingerprint density at radius 3 is 2.80 bits per heavy atom. The molecule has 0 aliphatic rings. The number of pyridine rings is 2. The summed E-state index contributed by atoms with van der Waals surface area (Å²) in [6, 6.07) is 8.86. The van der Waals surface area contributed by atoms with Crippen LogP contribution in [0.2, 0.25) is 0 Å². The van der Waals surface area contributed by atoms with Crippen LogP contribution in [0.3, 0.4) is 0 Å². The van der Waals surface area contributed by atoms with Crippen molar-refractivity contribution in [3.63, 3.8) is 0 Å². The smallest absolute Gasteiger partial charge is 0.266 e. The first-order chi connectivity index (χ1) is 12.2. The molecule has 3 rings (SSSR count). The highest BCUT2D eigenvalue weighted by atomic mass is 16.5. The fourth-order valence-electron chi connectivity index (χ4n) is 2.17. The van der Waals surface area contributed by atoms with Crippen molar-refractivity contribution in [1.82, 2.24) is 35.8 Å². The molecule has 0 unspecified atom stereocenters. The molecule has 0 saturated carbocycles. The molecule has 128 valence electrons. The number of aryl methyl sites for hydroxylation is 1. The van der Waals surface area contributed by atoms with E-state index in [0.717, 1.165) is 11.4 Å². The molecular formula is C16H17N7O2. The highest BCUT2D eigenvalue weighted by molar-refractivity contribution is 5.93. The number of hydrogen-bond acceptors (Lipinski definition) is 7. The van der Waals surface area contributed by atoms with Gasteiger partial charge >= 0.3 is 0 Å². The second-order valence-electron chi connectivity index (χ2n) is 5.10. The molecule has 0 saturated heterocycles. The molecule has 3 heterocycles. The molecule has 0 fully saturated rings. The summed E-state index contributed by atoms with van der Waals surface area (Å²) in [5, 5.41) is 8.18. The Balaban J connectivity index is 1.72. The van der Waals surface area contributed by atoms with Gasteiger partial charge in [0.15, 0.2) is 0 Å². The van der Waals surface area contributed by atoms with Gasteiger partial charge in [-0.15, -0.1) is 5.10 Å². The van der Waals surface area contributed by atoms with Crippen molar-refractivity contribution in [1.29, 1.82) is 0 Å². The first-order valence-electron chi connectivity index (χ1n) is 7.55. The zero-order valence-corrected chi connectivity index (χ0v) is 13.8. The van der Waals surface area contributed by atoms with E-state index in [1.807, 2.05) is 18.2 Å². The number of carbonyl (C=O) groups is 1. The normalized spacial score (nSPS) is 10.5. The number of amides is 1. The average Bonchev–Trinajstić information content (AvgIpc) is 3.02. The van der Waals surface area contributed by atoms with Crippen LogP contribution in [0.1, 0.15) is 16.1 Å². The second-order valence-corrected chi connectivity index (χ2v) is 5.10. The number of nitrogens with zero attached hydrogens (tertiary/aromatic N) is 5.